The van der Waals surface area contributed by atoms with Crippen LogP contribution in [0.15, 0.2) is 98.2 Å². The molecule has 5 aromatic heterocycles. The molecule has 3 N–H and O–H groups in total. The van der Waals surface area contributed by atoms with Gasteiger partial charge in [-0.05, 0) is 65.6 Å². The molecule has 0 amide bonds. The first-order valence-corrected chi connectivity index (χ1v) is 13.2. The van der Waals surface area contributed by atoms with Crippen LogP contribution in [-0.4, -0.2) is 30.1 Å². The van der Waals surface area contributed by atoms with E-state index in [9.17, 15) is 0 Å². The highest BCUT2D eigenvalue weighted by atomic mass is 15.1. The summed E-state index contributed by atoms with van der Waals surface area (Å²) in [5, 5.41) is 14.2. The van der Waals surface area contributed by atoms with Gasteiger partial charge in [0.15, 0.2) is 0 Å². The molecule has 6 rings (SSSR count). The molecule has 40 heavy (non-hydrogen) atoms. The summed E-state index contributed by atoms with van der Waals surface area (Å²) in [5.41, 5.74) is 8.72. The maximum absolute atomic E-state index is 4.67. The van der Waals surface area contributed by atoms with E-state index in [0.29, 0.717) is 0 Å². The molecule has 7 heteroatoms. The predicted molar refractivity (Wildman–Crippen MR) is 161 cm³/mol. The van der Waals surface area contributed by atoms with Gasteiger partial charge in [-0.15, -0.1) is 0 Å². The number of pyridine rings is 3. The molecular weight excluding hydrogens is 494 g/mol. The lowest BCUT2D eigenvalue weighted by Gasteiger charge is -2.07. The van der Waals surface area contributed by atoms with Crippen LogP contribution in [0, 0.1) is 0 Å². The zero-order valence-electron chi connectivity index (χ0n) is 22.2. The Morgan fingerprint density at radius 1 is 0.900 bits per heavy atom. The van der Waals surface area contributed by atoms with Gasteiger partial charge in [0.2, 0.25) is 0 Å². The molecule has 0 bridgehead atoms. The third-order valence-electron chi connectivity index (χ3n) is 6.85. The van der Waals surface area contributed by atoms with Gasteiger partial charge in [0.25, 0.3) is 0 Å². The van der Waals surface area contributed by atoms with Gasteiger partial charge in [0.1, 0.15) is 5.69 Å². The number of aromatic nitrogens is 6. The van der Waals surface area contributed by atoms with Crippen LogP contribution >= 0.6 is 0 Å². The standard InChI is InChI=1S/C33H29N7/c1-3-29-27(14-22(2)26-15-24(19-36-21-26)18-35-17-23-8-5-4-6-9-23)33(40-39-29)31-16-28-30(38-31)11-13-37-32(28)25-10-7-12-34-20-25/h3-16,19-21,35,38-39H,2,17-18H2,1H3/b27-14+,29-3+. The fourth-order valence-electron chi connectivity index (χ4n) is 4.81. The van der Waals surface area contributed by atoms with E-state index in [2.05, 4.69) is 84.5 Å². The molecule has 0 fully saturated rings. The van der Waals surface area contributed by atoms with Crippen LogP contribution in [-0.2, 0) is 13.1 Å². The SMILES string of the molecule is C=C(/C=c1/c(-c2cc3c(-c4cccnc4)nccc3[nH]2)n[nH]/c1=C/C)c1cncc(CNCc2ccccc2)c1. The summed E-state index contributed by atoms with van der Waals surface area (Å²) in [5.74, 6) is 0. The van der Waals surface area contributed by atoms with E-state index in [1.807, 2.05) is 62.1 Å². The van der Waals surface area contributed by atoms with E-state index in [-0.39, 0.29) is 0 Å². The van der Waals surface area contributed by atoms with Crippen molar-refractivity contribution in [2.45, 2.75) is 20.0 Å². The Kier molecular flexibility index (Phi) is 7.11. The van der Waals surface area contributed by atoms with Crippen LogP contribution in [0.5, 0.6) is 0 Å². The van der Waals surface area contributed by atoms with Crippen molar-refractivity contribution in [2.75, 3.05) is 0 Å². The summed E-state index contributed by atoms with van der Waals surface area (Å²) < 4.78 is 0. The van der Waals surface area contributed by atoms with E-state index in [1.54, 1.807) is 6.20 Å². The molecular formula is C33H29N7. The number of nitrogens with one attached hydrogen (secondary N) is 3. The Hall–Kier alpha value is -5.14. The van der Waals surface area contributed by atoms with Crippen LogP contribution in [0.25, 0.3) is 51.3 Å². The summed E-state index contributed by atoms with van der Waals surface area (Å²) >= 11 is 0. The number of fused-ring (bicyclic) bond motifs is 1. The van der Waals surface area contributed by atoms with Crippen LogP contribution in [0.3, 0.4) is 0 Å². The average molecular weight is 524 g/mol. The first-order valence-electron chi connectivity index (χ1n) is 13.2. The second kappa shape index (κ2) is 11.3. The minimum atomic E-state index is 0.719. The topological polar surface area (TPSA) is 95.2 Å². The molecule has 0 atom stereocenters. The Balaban J connectivity index is 1.31. The maximum Gasteiger partial charge on any atom is 0.116 e. The Morgan fingerprint density at radius 3 is 2.60 bits per heavy atom. The lowest BCUT2D eigenvalue weighted by atomic mass is 10.1. The van der Waals surface area contributed by atoms with E-state index in [0.717, 1.165) is 73.9 Å². The van der Waals surface area contributed by atoms with Crippen molar-refractivity contribution >= 4 is 28.6 Å². The maximum atomic E-state index is 4.67. The molecule has 0 aliphatic heterocycles. The molecule has 0 unspecified atom stereocenters. The number of benzene rings is 1. The number of aromatic amines is 2. The molecule has 0 aliphatic carbocycles. The van der Waals surface area contributed by atoms with E-state index in [1.165, 1.54) is 5.56 Å². The predicted octanol–water partition coefficient (Wildman–Crippen LogP) is 4.99. The molecule has 7 nitrogen and oxygen atoms in total. The van der Waals surface area contributed by atoms with Gasteiger partial charge in [0.05, 0.1) is 16.7 Å². The third-order valence-corrected chi connectivity index (χ3v) is 6.85. The van der Waals surface area contributed by atoms with Gasteiger partial charge in [-0.1, -0.05) is 43.0 Å². The number of hydrogen-bond donors (Lipinski definition) is 3. The van der Waals surface area contributed by atoms with Crippen molar-refractivity contribution in [3.63, 3.8) is 0 Å². The van der Waals surface area contributed by atoms with E-state index in [4.69, 9.17) is 0 Å². The minimum Gasteiger partial charge on any atom is -0.353 e. The smallest absolute Gasteiger partial charge is 0.116 e. The average Bonchev–Trinajstić information content (AvgIpc) is 3.62. The summed E-state index contributed by atoms with van der Waals surface area (Å²) in [6, 6.07) is 20.5. The van der Waals surface area contributed by atoms with Crippen molar-refractivity contribution < 1.29 is 0 Å². The molecule has 0 spiro atoms. The fourth-order valence-corrected chi connectivity index (χ4v) is 4.81. The summed E-state index contributed by atoms with van der Waals surface area (Å²) in [6.45, 7) is 7.89. The Labute approximate surface area is 232 Å². The van der Waals surface area contributed by atoms with Crippen LogP contribution in [0.4, 0.5) is 0 Å². The van der Waals surface area contributed by atoms with Gasteiger partial charge >= 0.3 is 0 Å². The Bertz CT molecular complexity index is 1900. The quantitative estimate of drug-likeness (QED) is 0.261. The number of H-pyrrole nitrogens is 2. The van der Waals surface area contributed by atoms with Crippen molar-refractivity contribution in [1.82, 2.24) is 35.5 Å². The third kappa shape index (κ3) is 5.23. The molecule has 196 valence electrons. The van der Waals surface area contributed by atoms with E-state index >= 15 is 0 Å². The number of rotatable bonds is 8. The van der Waals surface area contributed by atoms with Crippen molar-refractivity contribution in [3.05, 3.63) is 125 Å². The molecule has 5 heterocycles. The van der Waals surface area contributed by atoms with E-state index < -0.39 is 0 Å². The van der Waals surface area contributed by atoms with Gasteiger partial charge in [-0.25, -0.2) is 0 Å². The highest BCUT2D eigenvalue weighted by molar-refractivity contribution is 5.96. The number of allylic oxidation sites excluding steroid dienone is 1. The van der Waals surface area contributed by atoms with Gasteiger partial charge < -0.3 is 10.3 Å². The zero-order valence-corrected chi connectivity index (χ0v) is 22.2. The summed E-state index contributed by atoms with van der Waals surface area (Å²) in [6.07, 6.45) is 13.2. The van der Waals surface area contributed by atoms with Gasteiger partial charge in [-0.3, -0.25) is 20.1 Å². The molecule has 0 radical (unpaired) electrons. The molecule has 0 saturated heterocycles. The normalized spacial score (nSPS) is 12.3. The number of nitrogens with zero attached hydrogens (tertiary/aromatic N) is 4. The minimum absolute atomic E-state index is 0.719. The second-order valence-corrected chi connectivity index (χ2v) is 9.57. The van der Waals surface area contributed by atoms with Crippen LogP contribution in [0.2, 0.25) is 0 Å². The first kappa shape index (κ1) is 25.2. The monoisotopic (exact) mass is 523 g/mol. The highest BCUT2D eigenvalue weighted by Crippen LogP contribution is 2.29. The zero-order chi connectivity index (χ0) is 27.3. The second-order valence-electron chi connectivity index (χ2n) is 9.57. The molecule has 0 aliphatic rings. The molecule has 0 saturated carbocycles. The highest BCUT2D eigenvalue weighted by Gasteiger charge is 2.13. The molecule has 6 aromatic rings. The van der Waals surface area contributed by atoms with Crippen molar-refractivity contribution in [1.29, 1.82) is 0 Å². The largest absolute Gasteiger partial charge is 0.353 e. The number of hydrogen-bond acceptors (Lipinski definition) is 5. The van der Waals surface area contributed by atoms with Gasteiger partial charge in [-0.2, -0.15) is 5.10 Å². The Morgan fingerprint density at radius 2 is 1.77 bits per heavy atom. The fraction of sp³-hybridized carbons (Fsp3) is 0.0909. The first-order chi connectivity index (χ1) is 19.7. The van der Waals surface area contributed by atoms with Gasteiger partial charge in [0, 0.05) is 65.8 Å². The summed E-state index contributed by atoms with van der Waals surface area (Å²) in [7, 11) is 0. The summed E-state index contributed by atoms with van der Waals surface area (Å²) in [4.78, 5) is 16.9. The van der Waals surface area contributed by atoms with Crippen molar-refractivity contribution in [2.24, 2.45) is 0 Å². The van der Waals surface area contributed by atoms with Crippen LogP contribution in [0.1, 0.15) is 23.6 Å². The van der Waals surface area contributed by atoms with Crippen LogP contribution < -0.4 is 15.9 Å². The molecule has 1 aromatic carbocycles. The lowest BCUT2D eigenvalue weighted by Crippen LogP contribution is -2.23. The lowest BCUT2D eigenvalue weighted by molar-refractivity contribution is 0.691. The van der Waals surface area contributed by atoms with Crippen molar-refractivity contribution in [3.8, 4) is 22.6 Å².